The van der Waals surface area contributed by atoms with E-state index in [0.717, 1.165) is 17.9 Å². The smallest absolute Gasteiger partial charge is 0.00978 e. The second kappa shape index (κ2) is 6.78. The van der Waals surface area contributed by atoms with Crippen LogP contribution in [0.25, 0.3) is 0 Å². The molecule has 17 heavy (non-hydrogen) atoms. The Bertz CT molecular complexity index is 200. The highest BCUT2D eigenvalue weighted by Crippen LogP contribution is 2.34. The van der Waals surface area contributed by atoms with E-state index in [1.807, 2.05) is 0 Å². The van der Waals surface area contributed by atoms with Crippen molar-refractivity contribution in [3.63, 3.8) is 0 Å². The molecule has 1 nitrogen and oxygen atoms in total. The largest absolute Gasteiger partial charge is 0.314 e. The Morgan fingerprint density at radius 2 is 1.88 bits per heavy atom. The van der Waals surface area contributed by atoms with Crippen LogP contribution in [-0.4, -0.2) is 12.6 Å². The molecule has 1 N–H and O–H groups in total. The van der Waals surface area contributed by atoms with E-state index in [0.29, 0.717) is 5.41 Å². The van der Waals surface area contributed by atoms with Crippen molar-refractivity contribution >= 4 is 0 Å². The maximum absolute atomic E-state index is 3.79. The van der Waals surface area contributed by atoms with Gasteiger partial charge in [0.2, 0.25) is 0 Å². The monoisotopic (exact) mass is 239 g/mol. The molecule has 102 valence electrons. The lowest BCUT2D eigenvalue weighted by Crippen LogP contribution is -2.41. The van der Waals surface area contributed by atoms with Gasteiger partial charge in [-0.1, -0.05) is 41.0 Å². The SMILES string of the molecule is CCCNC(CC(C)CC(C)(C)C)C1CCC1. The summed E-state index contributed by atoms with van der Waals surface area (Å²) in [5.41, 5.74) is 0.480. The summed E-state index contributed by atoms with van der Waals surface area (Å²) in [6.07, 6.45) is 8.37. The summed E-state index contributed by atoms with van der Waals surface area (Å²) in [5, 5.41) is 3.79. The summed E-state index contributed by atoms with van der Waals surface area (Å²) >= 11 is 0. The molecule has 0 bridgehead atoms. The summed E-state index contributed by atoms with van der Waals surface area (Å²) in [7, 11) is 0. The number of nitrogens with one attached hydrogen (secondary N) is 1. The van der Waals surface area contributed by atoms with Crippen LogP contribution in [0.1, 0.15) is 73.1 Å². The third kappa shape index (κ3) is 5.90. The zero-order valence-electron chi connectivity index (χ0n) is 12.7. The van der Waals surface area contributed by atoms with Crippen LogP contribution in [0, 0.1) is 17.3 Å². The van der Waals surface area contributed by atoms with Gasteiger partial charge in [-0.15, -0.1) is 0 Å². The molecule has 0 amide bonds. The van der Waals surface area contributed by atoms with Gasteiger partial charge in [-0.2, -0.15) is 0 Å². The fourth-order valence-electron chi connectivity index (χ4n) is 3.18. The number of hydrogen-bond acceptors (Lipinski definition) is 1. The van der Waals surface area contributed by atoms with Crippen molar-refractivity contribution in [3.05, 3.63) is 0 Å². The highest BCUT2D eigenvalue weighted by atomic mass is 14.9. The highest BCUT2D eigenvalue weighted by molar-refractivity contribution is 4.84. The van der Waals surface area contributed by atoms with Crippen molar-refractivity contribution < 1.29 is 0 Å². The fraction of sp³-hybridized carbons (Fsp3) is 1.00. The molecule has 1 aliphatic rings. The summed E-state index contributed by atoms with van der Waals surface area (Å²) in [4.78, 5) is 0. The number of rotatable bonds is 7. The average Bonchev–Trinajstić information content (AvgIpc) is 2.07. The molecule has 2 atom stereocenters. The number of hydrogen-bond donors (Lipinski definition) is 1. The van der Waals surface area contributed by atoms with Crippen molar-refractivity contribution in [1.82, 2.24) is 5.32 Å². The first-order valence-electron chi connectivity index (χ1n) is 7.65. The Labute approximate surface area is 109 Å². The molecule has 1 heteroatoms. The lowest BCUT2D eigenvalue weighted by molar-refractivity contribution is 0.185. The molecule has 1 rings (SSSR count). The Morgan fingerprint density at radius 1 is 1.24 bits per heavy atom. The maximum atomic E-state index is 3.79. The van der Waals surface area contributed by atoms with E-state index >= 15 is 0 Å². The molecule has 0 saturated heterocycles. The summed E-state index contributed by atoms with van der Waals surface area (Å²) < 4.78 is 0. The van der Waals surface area contributed by atoms with Crippen LogP contribution in [0.2, 0.25) is 0 Å². The van der Waals surface area contributed by atoms with Gasteiger partial charge in [0, 0.05) is 6.04 Å². The van der Waals surface area contributed by atoms with Gasteiger partial charge in [-0.25, -0.2) is 0 Å². The van der Waals surface area contributed by atoms with Gasteiger partial charge in [0.1, 0.15) is 0 Å². The van der Waals surface area contributed by atoms with Crippen LogP contribution in [0.4, 0.5) is 0 Å². The van der Waals surface area contributed by atoms with Crippen LogP contribution in [0.5, 0.6) is 0 Å². The summed E-state index contributed by atoms with van der Waals surface area (Å²) in [5.74, 6) is 1.83. The Morgan fingerprint density at radius 3 is 2.29 bits per heavy atom. The van der Waals surface area contributed by atoms with Crippen molar-refractivity contribution in [2.75, 3.05) is 6.54 Å². The van der Waals surface area contributed by atoms with E-state index in [9.17, 15) is 0 Å². The average molecular weight is 239 g/mol. The molecule has 0 radical (unpaired) electrons. The zero-order valence-corrected chi connectivity index (χ0v) is 12.7. The fourth-order valence-corrected chi connectivity index (χ4v) is 3.18. The van der Waals surface area contributed by atoms with Gasteiger partial charge in [0.15, 0.2) is 0 Å². The van der Waals surface area contributed by atoms with Gasteiger partial charge in [-0.3, -0.25) is 0 Å². The third-order valence-corrected chi connectivity index (χ3v) is 3.99. The van der Waals surface area contributed by atoms with E-state index < -0.39 is 0 Å². The van der Waals surface area contributed by atoms with Crippen molar-refractivity contribution in [3.8, 4) is 0 Å². The second-order valence-corrected chi connectivity index (χ2v) is 7.36. The maximum Gasteiger partial charge on any atom is 0.00978 e. The standard InChI is InChI=1S/C16H33N/c1-6-10-17-15(14-8-7-9-14)11-13(2)12-16(3,4)5/h13-15,17H,6-12H2,1-5H3. The first-order valence-corrected chi connectivity index (χ1v) is 7.65. The minimum absolute atomic E-state index is 0.480. The quantitative estimate of drug-likeness (QED) is 0.683. The molecular weight excluding hydrogens is 206 g/mol. The summed E-state index contributed by atoms with van der Waals surface area (Å²) in [6, 6.07) is 0.793. The second-order valence-electron chi connectivity index (χ2n) is 7.36. The molecule has 1 aliphatic carbocycles. The van der Waals surface area contributed by atoms with Crippen LogP contribution in [0.3, 0.4) is 0 Å². The molecule has 0 heterocycles. The summed E-state index contributed by atoms with van der Waals surface area (Å²) in [6.45, 7) is 13.0. The van der Waals surface area contributed by atoms with Crippen LogP contribution >= 0.6 is 0 Å². The van der Waals surface area contributed by atoms with Gasteiger partial charge in [0.25, 0.3) is 0 Å². The lowest BCUT2D eigenvalue weighted by Gasteiger charge is -2.37. The van der Waals surface area contributed by atoms with Gasteiger partial charge < -0.3 is 5.32 Å². The van der Waals surface area contributed by atoms with Gasteiger partial charge in [-0.05, 0) is 55.9 Å². The third-order valence-electron chi connectivity index (χ3n) is 3.99. The van der Waals surface area contributed by atoms with Crippen molar-refractivity contribution in [2.24, 2.45) is 17.3 Å². The minimum Gasteiger partial charge on any atom is -0.314 e. The topological polar surface area (TPSA) is 12.0 Å². The molecule has 2 unspecified atom stereocenters. The van der Waals surface area contributed by atoms with Crippen LogP contribution < -0.4 is 5.32 Å². The first kappa shape index (κ1) is 15.0. The molecule has 1 fully saturated rings. The van der Waals surface area contributed by atoms with E-state index in [2.05, 4.69) is 39.9 Å². The molecule has 0 spiro atoms. The normalized spacial score (nSPS) is 21.0. The van der Waals surface area contributed by atoms with Crippen LogP contribution in [-0.2, 0) is 0 Å². The predicted octanol–water partition coefficient (Wildman–Crippen LogP) is 4.62. The van der Waals surface area contributed by atoms with Gasteiger partial charge >= 0.3 is 0 Å². The molecular formula is C16H33N. The van der Waals surface area contributed by atoms with E-state index in [-0.39, 0.29) is 0 Å². The minimum atomic E-state index is 0.480. The highest BCUT2D eigenvalue weighted by Gasteiger charge is 2.28. The molecule has 0 aromatic heterocycles. The molecule has 1 saturated carbocycles. The Balaban J connectivity index is 2.36. The predicted molar refractivity (Wildman–Crippen MR) is 77.3 cm³/mol. The van der Waals surface area contributed by atoms with Crippen molar-refractivity contribution in [2.45, 2.75) is 79.2 Å². The lowest BCUT2D eigenvalue weighted by atomic mass is 9.74. The molecule has 0 aromatic rings. The Hall–Kier alpha value is -0.0400. The van der Waals surface area contributed by atoms with Gasteiger partial charge in [0.05, 0.1) is 0 Å². The molecule has 0 aromatic carbocycles. The first-order chi connectivity index (χ1) is 7.92. The van der Waals surface area contributed by atoms with E-state index in [1.54, 1.807) is 0 Å². The molecule has 0 aliphatic heterocycles. The van der Waals surface area contributed by atoms with E-state index in [1.165, 1.54) is 45.1 Å². The van der Waals surface area contributed by atoms with E-state index in [4.69, 9.17) is 0 Å². The van der Waals surface area contributed by atoms with Crippen LogP contribution in [0.15, 0.2) is 0 Å². The zero-order chi connectivity index (χ0) is 12.9. The Kier molecular flexibility index (Phi) is 5.99. The van der Waals surface area contributed by atoms with Crippen molar-refractivity contribution in [1.29, 1.82) is 0 Å².